The van der Waals surface area contributed by atoms with E-state index in [9.17, 15) is 18.0 Å². The molecule has 7 nitrogen and oxygen atoms in total. The molecular weight excluding hydrogens is 363 g/mol. The third kappa shape index (κ3) is 5.13. The number of benzene rings is 1. The zero-order valence-corrected chi connectivity index (χ0v) is 15.3. The molecule has 0 aliphatic carbocycles. The molecule has 2 rings (SSSR count). The van der Waals surface area contributed by atoms with Gasteiger partial charge in [-0.15, -0.1) is 0 Å². The van der Waals surface area contributed by atoms with Gasteiger partial charge in [-0.2, -0.15) is 13.2 Å². The topological polar surface area (TPSA) is 95.7 Å². The van der Waals surface area contributed by atoms with Gasteiger partial charge in [0.1, 0.15) is 11.4 Å². The molecule has 0 saturated heterocycles. The van der Waals surface area contributed by atoms with Crippen LogP contribution in [0.15, 0.2) is 23.2 Å². The summed E-state index contributed by atoms with van der Waals surface area (Å²) in [5.74, 6) is -0.594. The number of guanidine groups is 1. The molecular formula is C17H22F3N5O2. The maximum absolute atomic E-state index is 13.3. The Kier molecular flexibility index (Phi) is 6.32. The molecule has 0 aliphatic heterocycles. The number of hydrogen-bond donors (Lipinski definition) is 3. The van der Waals surface area contributed by atoms with Crippen LogP contribution in [0.25, 0.3) is 10.9 Å². The quantitative estimate of drug-likeness (QED) is 0.404. The van der Waals surface area contributed by atoms with Crippen molar-refractivity contribution in [2.24, 2.45) is 10.7 Å². The van der Waals surface area contributed by atoms with Gasteiger partial charge in [0.2, 0.25) is 0 Å². The van der Waals surface area contributed by atoms with Crippen LogP contribution >= 0.6 is 0 Å². The average molecular weight is 385 g/mol. The molecule has 0 aliphatic rings. The third-order valence-corrected chi connectivity index (χ3v) is 3.80. The van der Waals surface area contributed by atoms with Gasteiger partial charge in [0.05, 0.1) is 17.7 Å². The summed E-state index contributed by atoms with van der Waals surface area (Å²) in [6.07, 6.45) is -3.87. The number of carbonyl (C=O) groups is 1. The Bertz CT molecular complexity index is 843. The molecule has 1 aromatic carbocycles. The molecule has 10 heteroatoms. The smallest absolute Gasteiger partial charge is 0.417 e. The Morgan fingerprint density at radius 2 is 2.07 bits per heavy atom. The van der Waals surface area contributed by atoms with Crippen molar-refractivity contribution in [3.8, 4) is 5.75 Å². The molecule has 4 N–H and O–H groups in total. The van der Waals surface area contributed by atoms with Gasteiger partial charge < -0.3 is 20.4 Å². The number of amides is 1. The summed E-state index contributed by atoms with van der Waals surface area (Å²) in [5, 5.41) is 2.13. The number of H-pyrrole nitrogens is 1. The van der Waals surface area contributed by atoms with Crippen LogP contribution < -0.4 is 15.8 Å². The second kappa shape index (κ2) is 8.30. The maximum atomic E-state index is 13.3. The number of nitrogens with two attached hydrogens (primary N) is 1. The number of rotatable bonds is 6. The first kappa shape index (κ1) is 20.6. The first-order valence-corrected chi connectivity index (χ1v) is 8.17. The van der Waals surface area contributed by atoms with Crippen molar-refractivity contribution in [2.75, 3.05) is 34.3 Å². The number of halogens is 3. The van der Waals surface area contributed by atoms with Gasteiger partial charge in [0, 0.05) is 19.0 Å². The molecule has 0 atom stereocenters. The molecule has 0 bridgehead atoms. The van der Waals surface area contributed by atoms with Crippen molar-refractivity contribution >= 4 is 22.8 Å². The Balaban J connectivity index is 2.39. The first-order chi connectivity index (χ1) is 12.6. The van der Waals surface area contributed by atoms with E-state index in [2.05, 4.69) is 15.3 Å². The lowest BCUT2D eigenvalue weighted by molar-refractivity contribution is -0.136. The number of aromatic amines is 1. The van der Waals surface area contributed by atoms with Gasteiger partial charge in [-0.3, -0.25) is 15.1 Å². The van der Waals surface area contributed by atoms with Crippen LogP contribution in [-0.2, 0) is 6.18 Å². The summed E-state index contributed by atoms with van der Waals surface area (Å²) >= 11 is 0. The summed E-state index contributed by atoms with van der Waals surface area (Å²) in [5.41, 5.74) is 4.61. The van der Waals surface area contributed by atoms with Gasteiger partial charge in [0.15, 0.2) is 5.96 Å². The second-order valence-corrected chi connectivity index (χ2v) is 6.15. The number of hydrogen-bond acceptors (Lipinski definition) is 4. The second-order valence-electron chi connectivity index (χ2n) is 6.15. The molecule has 0 radical (unpaired) electrons. The number of nitrogens with zero attached hydrogens (tertiary/aromatic N) is 2. The van der Waals surface area contributed by atoms with Crippen molar-refractivity contribution in [3.05, 3.63) is 29.5 Å². The zero-order valence-electron chi connectivity index (χ0n) is 15.3. The fraction of sp³-hybridized carbons (Fsp3) is 0.412. The molecule has 148 valence electrons. The van der Waals surface area contributed by atoms with Gasteiger partial charge in [0.25, 0.3) is 5.91 Å². The molecule has 27 heavy (non-hydrogen) atoms. The Labute approximate surface area is 154 Å². The molecule has 2 aromatic rings. The molecule has 0 fully saturated rings. The third-order valence-electron chi connectivity index (χ3n) is 3.80. The van der Waals surface area contributed by atoms with Crippen molar-refractivity contribution in [1.82, 2.24) is 15.2 Å². The minimum absolute atomic E-state index is 0.0774. The number of alkyl halides is 3. The highest BCUT2D eigenvalue weighted by Gasteiger charge is 2.34. The van der Waals surface area contributed by atoms with Crippen LogP contribution in [-0.4, -0.2) is 56.0 Å². The Morgan fingerprint density at radius 3 is 2.67 bits per heavy atom. The molecule has 0 saturated carbocycles. The van der Waals surface area contributed by atoms with Gasteiger partial charge >= 0.3 is 6.18 Å². The van der Waals surface area contributed by atoms with E-state index in [4.69, 9.17) is 10.5 Å². The largest absolute Gasteiger partial charge is 0.491 e. The van der Waals surface area contributed by atoms with Gasteiger partial charge in [-0.05, 0) is 38.7 Å². The van der Waals surface area contributed by atoms with Gasteiger partial charge in [-0.1, -0.05) is 0 Å². The fourth-order valence-corrected chi connectivity index (χ4v) is 2.49. The van der Waals surface area contributed by atoms with Crippen molar-refractivity contribution in [1.29, 1.82) is 0 Å². The minimum Gasteiger partial charge on any atom is -0.491 e. The van der Waals surface area contributed by atoms with E-state index in [1.165, 1.54) is 13.1 Å². The number of aliphatic imine (C=N–C) groups is 1. The Hall–Kier alpha value is -2.75. The summed E-state index contributed by atoms with van der Waals surface area (Å²) in [4.78, 5) is 20.4. The number of carbonyl (C=O) groups excluding carboxylic acids is 1. The molecule has 1 aromatic heterocycles. The van der Waals surface area contributed by atoms with E-state index in [0.29, 0.717) is 13.0 Å². The minimum atomic E-state index is -4.57. The molecule has 0 spiro atoms. The SMILES string of the molecule is CN=C(N)NC(=O)c1cc2c(C(F)(F)F)ccc(OCCCN(C)C)c2[nH]1. The standard InChI is InChI=1S/C17H22F3N5O2/c1-22-16(21)24-15(26)12-9-10-11(17(18,19)20)5-6-13(14(10)23-12)27-8-4-7-25(2)3/h5-6,9,23H,4,7-8H2,1-3H3,(H3,21,22,24,26). The highest BCUT2D eigenvalue weighted by Crippen LogP contribution is 2.38. The van der Waals surface area contributed by atoms with Gasteiger partial charge in [-0.25, -0.2) is 0 Å². The summed E-state index contributed by atoms with van der Waals surface area (Å²) in [7, 11) is 5.21. The number of aromatic nitrogens is 1. The summed E-state index contributed by atoms with van der Waals surface area (Å²) in [6.45, 7) is 1.10. The van der Waals surface area contributed by atoms with E-state index in [0.717, 1.165) is 18.7 Å². The average Bonchev–Trinajstić information content (AvgIpc) is 3.02. The Morgan fingerprint density at radius 1 is 1.37 bits per heavy atom. The number of nitrogens with one attached hydrogen (secondary N) is 2. The van der Waals surface area contributed by atoms with Crippen LogP contribution in [0, 0.1) is 0 Å². The normalized spacial score (nSPS) is 12.6. The highest BCUT2D eigenvalue weighted by atomic mass is 19.4. The fourth-order valence-electron chi connectivity index (χ4n) is 2.49. The lowest BCUT2D eigenvalue weighted by Crippen LogP contribution is -2.36. The molecule has 0 unspecified atom stereocenters. The van der Waals surface area contributed by atoms with Crippen LogP contribution in [0.3, 0.4) is 0 Å². The van der Waals surface area contributed by atoms with Crippen LogP contribution in [0.1, 0.15) is 22.5 Å². The molecule has 1 heterocycles. The zero-order chi connectivity index (χ0) is 20.2. The highest BCUT2D eigenvalue weighted by molar-refractivity contribution is 6.07. The predicted octanol–water partition coefficient (Wildman–Crippen LogP) is 2.19. The molecule has 1 amide bonds. The van der Waals surface area contributed by atoms with E-state index in [-0.39, 0.29) is 28.3 Å². The van der Waals surface area contributed by atoms with Crippen molar-refractivity contribution in [2.45, 2.75) is 12.6 Å². The summed E-state index contributed by atoms with van der Waals surface area (Å²) < 4.78 is 45.6. The summed E-state index contributed by atoms with van der Waals surface area (Å²) in [6, 6.07) is 3.32. The van der Waals surface area contributed by atoms with E-state index in [1.807, 2.05) is 19.0 Å². The van der Waals surface area contributed by atoms with E-state index in [1.54, 1.807) is 0 Å². The first-order valence-electron chi connectivity index (χ1n) is 8.17. The number of fused-ring (bicyclic) bond motifs is 1. The van der Waals surface area contributed by atoms with E-state index >= 15 is 0 Å². The van der Waals surface area contributed by atoms with E-state index < -0.39 is 17.6 Å². The maximum Gasteiger partial charge on any atom is 0.417 e. The monoisotopic (exact) mass is 385 g/mol. The number of ether oxygens (including phenoxy) is 1. The van der Waals surface area contributed by atoms with Crippen LogP contribution in [0.2, 0.25) is 0 Å². The predicted molar refractivity (Wildman–Crippen MR) is 97.0 cm³/mol. The van der Waals surface area contributed by atoms with Crippen LogP contribution in [0.5, 0.6) is 5.75 Å². The van der Waals surface area contributed by atoms with Crippen LogP contribution in [0.4, 0.5) is 13.2 Å². The lowest BCUT2D eigenvalue weighted by atomic mass is 10.1. The van der Waals surface area contributed by atoms with Crippen molar-refractivity contribution in [3.63, 3.8) is 0 Å². The lowest BCUT2D eigenvalue weighted by Gasteiger charge is -2.13. The van der Waals surface area contributed by atoms with Crippen molar-refractivity contribution < 1.29 is 22.7 Å².